The third kappa shape index (κ3) is 10.1. The van der Waals surface area contributed by atoms with Crippen LogP contribution in [0.2, 0.25) is 0 Å². The number of imidazole rings is 2. The minimum Gasteiger partial charge on any atom is -0.475 e. The number of pyridine rings is 3. The van der Waals surface area contributed by atoms with Gasteiger partial charge in [0.15, 0.2) is 11.5 Å². The number of rotatable bonds is 7. The molecule has 5 rings (SSSR count). The van der Waals surface area contributed by atoms with Gasteiger partial charge in [0.1, 0.15) is 5.69 Å². The van der Waals surface area contributed by atoms with Crippen LogP contribution in [-0.2, 0) is 22.6 Å². The number of nitrogens with one attached hydrogen (secondary N) is 1. The minimum atomic E-state index is -5.08. The van der Waals surface area contributed by atoms with Gasteiger partial charge in [-0.05, 0) is 41.8 Å². The van der Waals surface area contributed by atoms with Crippen LogP contribution in [-0.4, -0.2) is 75.9 Å². The van der Waals surface area contributed by atoms with Crippen molar-refractivity contribution in [3.8, 4) is 11.5 Å². The lowest BCUT2D eigenvalue weighted by Gasteiger charge is -2.03. The van der Waals surface area contributed by atoms with E-state index in [0.29, 0.717) is 36.7 Å². The van der Waals surface area contributed by atoms with Gasteiger partial charge in [0.05, 0.1) is 18.4 Å². The third-order valence-corrected chi connectivity index (χ3v) is 5.62. The summed E-state index contributed by atoms with van der Waals surface area (Å²) >= 11 is 0. The van der Waals surface area contributed by atoms with Gasteiger partial charge >= 0.3 is 24.3 Å². The van der Waals surface area contributed by atoms with Gasteiger partial charge in [-0.25, -0.2) is 19.6 Å². The van der Waals surface area contributed by atoms with Crippen LogP contribution < -0.4 is 5.32 Å². The Labute approximate surface area is 255 Å². The number of hydrogen-bond donors (Lipinski definition) is 3. The molecule has 0 unspecified atom stereocenters. The lowest BCUT2D eigenvalue weighted by atomic mass is 10.2. The van der Waals surface area contributed by atoms with Gasteiger partial charge in [-0.2, -0.15) is 26.3 Å². The number of halogens is 6. The highest BCUT2D eigenvalue weighted by Gasteiger charge is 2.38. The molecule has 0 aliphatic carbocycles. The zero-order valence-electron chi connectivity index (χ0n) is 23.3. The van der Waals surface area contributed by atoms with Crippen molar-refractivity contribution in [3.05, 3.63) is 103 Å². The van der Waals surface area contributed by atoms with Crippen molar-refractivity contribution in [2.24, 2.45) is 0 Å². The first-order valence-corrected chi connectivity index (χ1v) is 12.8. The Balaban J connectivity index is 0.000000345. The number of fused-ring (bicyclic) bond motifs is 1. The summed E-state index contributed by atoms with van der Waals surface area (Å²) in [7, 11) is 0. The van der Waals surface area contributed by atoms with Crippen molar-refractivity contribution in [2.75, 3.05) is 6.54 Å². The number of hydrogen-bond acceptors (Lipinski definition) is 7. The van der Waals surface area contributed by atoms with Crippen LogP contribution in [0.25, 0.3) is 17.0 Å². The zero-order valence-corrected chi connectivity index (χ0v) is 23.3. The molecule has 0 spiro atoms. The fraction of sp³-hybridized carbons (Fsp3) is 0.179. The largest absolute Gasteiger partial charge is 0.490 e. The van der Waals surface area contributed by atoms with Crippen LogP contribution in [0.3, 0.4) is 0 Å². The van der Waals surface area contributed by atoms with Crippen molar-refractivity contribution in [1.29, 1.82) is 0 Å². The second-order valence-corrected chi connectivity index (χ2v) is 9.01. The van der Waals surface area contributed by atoms with E-state index < -0.39 is 24.3 Å². The van der Waals surface area contributed by atoms with Crippen LogP contribution in [0, 0.1) is 0 Å². The highest BCUT2D eigenvalue weighted by Crippen LogP contribution is 2.22. The highest BCUT2D eigenvalue weighted by molar-refractivity contribution is 6.00. The van der Waals surface area contributed by atoms with Crippen LogP contribution in [0.15, 0.2) is 86.0 Å². The number of carbonyl (C=O) groups excluding carboxylic acids is 1. The number of amides is 1. The fourth-order valence-electron chi connectivity index (χ4n) is 3.60. The van der Waals surface area contributed by atoms with Gasteiger partial charge in [-0.1, -0.05) is 18.2 Å². The first kappa shape index (κ1) is 34.7. The summed E-state index contributed by atoms with van der Waals surface area (Å²) in [6.45, 7) is 1.16. The van der Waals surface area contributed by atoms with Crippen LogP contribution >= 0.6 is 0 Å². The summed E-state index contributed by atoms with van der Waals surface area (Å²) in [5, 5.41) is 17.2. The molecule has 0 bridgehead atoms. The second kappa shape index (κ2) is 15.3. The van der Waals surface area contributed by atoms with Crippen molar-refractivity contribution >= 4 is 23.4 Å². The molecule has 0 saturated heterocycles. The van der Waals surface area contributed by atoms with E-state index in [0.717, 1.165) is 16.6 Å². The first-order chi connectivity index (χ1) is 21.7. The molecule has 0 fully saturated rings. The topological polar surface area (TPSA) is 165 Å². The molecular formula is C28H23F6N7O5. The third-order valence-electron chi connectivity index (χ3n) is 5.62. The van der Waals surface area contributed by atoms with Gasteiger partial charge in [0.2, 0.25) is 0 Å². The van der Waals surface area contributed by atoms with Crippen molar-refractivity contribution in [3.63, 3.8) is 0 Å². The molecule has 3 N–H and O–H groups in total. The first-order valence-electron chi connectivity index (χ1n) is 12.8. The van der Waals surface area contributed by atoms with E-state index in [-0.39, 0.29) is 5.91 Å². The second-order valence-electron chi connectivity index (χ2n) is 9.01. The molecule has 12 nitrogen and oxygen atoms in total. The summed E-state index contributed by atoms with van der Waals surface area (Å²) in [5.41, 5.74) is 3.97. The van der Waals surface area contributed by atoms with Crippen molar-refractivity contribution < 1.29 is 50.9 Å². The van der Waals surface area contributed by atoms with Crippen LogP contribution in [0.4, 0.5) is 26.3 Å². The predicted octanol–water partition coefficient (Wildman–Crippen LogP) is 4.28. The molecule has 1 amide bonds. The number of aliphatic carboxylic acids is 2. The highest BCUT2D eigenvalue weighted by atomic mass is 19.4. The SMILES string of the molecule is O=C(NCCc1cccnc1)c1nc(-c2cn(Cc3cccnc3)cn2)n2ccccc12.O=C(O)C(F)(F)F.O=C(O)C(F)(F)F. The Morgan fingerprint density at radius 1 is 0.826 bits per heavy atom. The van der Waals surface area contributed by atoms with E-state index in [1.54, 1.807) is 24.9 Å². The average Bonchev–Trinajstić information content (AvgIpc) is 3.63. The Morgan fingerprint density at radius 2 is 1.41 bits per heavy atom. The zero-order chi connectivity index (χ0) is 33.9. The molecule has 5 aromatic rings. The number of carboxylic acids is 2. The van der Waals surface area contributed by atoms with Gasteiger partial charge in [-0.15, -0.1) is 0 Å². The Kier molecular flexibility index (Phi) is 11.5. The Morgan fingerprint density at radius 3 is 1.96 bits per heavy atom. The van der Waals surface area contributed by atoms with Gasteiger partial charge in [0.25, 0.3) is 5.91 Å². The van der Waals surface area contributed by atoms with E-state index in [4.69, 9.17) is 19.8 Å². The average molecular weight is 652 g/mol. The number of nitrogens with zero attached hydrogens (tertiary/aromatic N) is 6. The molecule has 0 saturated carbocycles. The molecule has 46 heavy (non-hydrogen) atoms. The maximum Gasteiger partial charge on any atom is 0.490 e. The van der Waals surface area contributed by atoms with E-state index in [9.17, 15) is 31.1 Å². The van der Waals surface area contributed by atoms with Crippen LogP contribution in [0.5, 0.6) is 0 Å². The lowest BCUT2D eigenvalue weighted by molar-refractivity contribution is -0.193. The molecule has 0 atom stereocenters. The molecule has 0 aliphatic heterocycles. The molecule has 0 radical (unpaired) electrons. The van der Waals surface area contributed by atoms with E-state index in [1.807, 2.05) is 70.0 Å². The predicted molar refractivity (Wildman–Crippen MR) is 147 cm³/mol. The Hall–Kier alpha value is -5.81. The quantitative estimate of drug-likeness (QED) is 0.218. The van der Waals surface area contributed by atoms with Gasteiger partial charge < -0.3 is 20.1 Å². The summed E-state index contributed by atoms with van der Waals surface area (Å²) in [5.74, 6) is -5.10. The molecule has 5 heterocycles. The smallest absolute Gasteiger partial charge is 0.475 e. The van der Waals surface area contributed by atoms with Crippen LogP contribution in [0.1, 0.15) is 21.6 Å². The maximum atomic E-state index is 12.9. The van der Waals surface area contributed by atoms with Gasteiger partial charge in [-0.3, -0.25) is 19.2 Å². The lowest BCUT2D eigenvalue weighted by Crippen LogP contribution is -2.26. The van der Waals surface area contributed by atoms with Crippen molar-refractivity contribution in [2.45, 2.75) is 25.3 Å². The molecule has 18 heteroatoms. The van der Waals surface area contributed by atoms with E-state index in [1.165, 1.54) is 0 Å². The fourth-order valence-corrected chi connectivity index (χ4v) is 3.60. The normalized spacial score (nSPS) is 11.1. The summed E-state index contributed by atoms with van der Waals surface area (Å²) in [6.07, 6.45) is 3.25. The number of carbonyl (C=O) groups is 3. The Bertz CT molecular complexity index is 1730. The number of alkyl halides is 6. The monoisotopic (exact) mass is 651 g/mol. The summed E-state index contributed by atoms with van der Waals surface area (Å²) < 4.78 is 67.3. The van der Waals surface area contributed by atoms with Gasteiger partial charge in [0, 0.05) is 43.7 Å². The minimum absolute atomic E-state index is 0.210. The molecular weight excluding hydrogens is 628 g/mol. The molecule has 0 aliphatic rings. The molecule has 242 valence electrons. The van der Waals surface area contributed by atoms with Crippen molar-refractivity contribution in [1.82, 2.24) is 34.2 Å². The summed E-state index contributed by atoms with van der Waals surface area (Å²) in [4.78, 5) is 48.1. The number of aromatic nitrogens is 6. The summed E-state index contributed by atoms with van der Waals surface area (Å²) in [6, 6.07) is 13.5. The van der Waals surface area contributed by atoms with E-state index in [2.05, 4.69) is 25.3 Å². The molecule has 5 aromatic heterocycles. The molecule has 0 aromatic carbocycles. The van der Waals surface area contributed by atoms with E-state index >= 15 is 0 Å². The number of carboxylic acid groups (broad SMARTS) is 2. The standard InChI is InChI=1S/C24H21N7O.2C2HF3O2/c32-24(27-11-8-18-5-3-9-25-13-18)22-21-7-1-2-12-31(21)23(29-22)20-16-30(17-28-20)15-19-6-4-10-26-14-19;2*3-2(4,5)1(6)7/h1-7,9-10,12-14,16-17H,8,11,15H2,(H,27,32);2*(H,6,7). The maximum absolute atomic E-state index is 12.9.